The molecule has 0 aliphatic heterocycles. The Kier molecular flexibility index (Phi) is 7.33. The molecule has 3 aromatic rings. The first kappa shape index (κ1) is 21.8. The number of sulfonamides is 1. The minimum atomic E-state index is -3.60. The number of halogens is 2. The van der Waals surface area contributed by atoms with E-state index in [0.717, 1.165) is 11.1 Å². The zero-order chi connectivity index (χ0) is 20.9. The second-order valence-corrected chi connectivity index (χ2v) is 9.34. The highest BCUT2D eigenvalue weighted by molar-refractivity contribution is 7.89. The average Bonchev–Trinajstić information content (AvgIpc) is 2.72. The highest BCUT2D eigenvalue weighted by Gasteiger charge is 2.21. The van der Waals surface area contributed by atoms with E-state index in [4.69, 9.17) is 23.2 Å². The Morgan fingerprint density at radius 1 is 0.897 bits per heavy atom. The number of nitrogens with zero attached hydrogens (tertiary/aromatic N) is 1. The summed E-state index contributed by atoms with van der Waals surface area (Å²) in [6.07, 6.45) is 0. The molecule has 152 valence electrons. The predicted octanol–water partition coefficient (Wildman–Crippen LogP) is 5.15. The van der Waals surface area contributed by atoms with Crippen LogP contribution in [0.3, 0.4) is 0 Å². The van der Waals surface area contributed by atoms with E-state index in [9.17, 15) is 8.42 Å². The van der Waals surface area contributed by atoms with Gasteiger partial charge in [0.05, 0.1) is 14.9 Å². The summed E-state index contributed by atoms with van der Waals surface area (Å²) in [5.74, 6) is 0. The van der Waals surface area contributed by atoms with Gasteiger partial charge in [0.25, 0.3) is 0 Å². The van der Waals surface area contributed by atoms with Crippen LogP contribution in [0, 0.1) is 0 Å². The molecule has 1 unspecified atom stereocenters. The molecule has 0 saturated heterocycles. The Bertz CT molecular complexity index is 1040. The molecule has 0 heterocycles. The zero-order valence-corrected chi connectivity index (χ0v) is 18.3. The summed E-state index contributed by atoms with van der Waals surface area (Å²) >= 11 is 12.2. The van der Waals surface area contributed by atoms with Gasteiger partial charge in [-0.3, -0.25) is 4.90 Å². The third-order valence-corrected chi connectivity index (χ3v) is 6.83. The van der Waals surface area contributed by atoms with Crippen molar-refractivity contribution in [2.45, 2.75) is 17.5 Å². The third kappa shape index (κ3) is 5.81. The summed E-state index contributed by atoms with van der Waals surface area (Å²) in [6.45, 7) is 0.822. The van der Waals surface area contributed by atoms with Gasteiger partial charge in [-0.05, 0) is 42.4 Å². The molecule has 4 nitrogen and oxygen atoms in total. The van der Waals surface area contributed by atoms with Crippen LogP contribution in [0.2, 0.25) is 10.0 Å². The fourth-order valence-electron chi connectivity index (χ4n) is 3.11. The Labute approximate surface area is 182 Å². The first-order valence-electron chi connectivity index (χ1n) is 9.10. The molecule has 3 aromatic carbocycles. The van der Waals surface area contributed by atoms with E-state index < -0.39 is 10.0 Å². The molecule has 0 amide bonds. The van der Waals surface area contributed by atoms with Gasteiger partial charge in [0.2, 0.25) is 10.0 Å². The Morgan fingerprint density at radius 2 is 1.52 bits per heavy atom. The zero-order valence-electron chi connectivity index (χ0n) is 15.9. The molecule has 0 aromatic heterocycles. The number of hydrogen-bond donors (Lipinski definition) is 1. The van der Waals surface area contributed by atoms with E-state index in [0.29, 0.717) is 16.6 Å². The molecule has 0 saturated carbocycles. The van der Waals surface area contributed by atoms with Crippen molar-refractivity contribution in [2.24, 2.45) is 0 Å². The van der Waals surface area contributed by atoms with Crippen LogP contribution in [0.4, 0.5) is 0 Å². The summed E-state index contributed by atoms with van der Waals surface area (Å²) in [7, 11) is -1.64. The fraction of sp³-hybridized carbons (Fsp3) is 0.182. The first-order chi connectivity index (χ1) is 13.9. The number of nitrogens with one attached hydrogen (secondary N) is 1. The van der Waals surface area contributed by atoms with Crippen LogP contribution in [0.15, 0.2) is 83.8 Å². The highest BCUT2D eigenvalue weighted by Crippen LogP contribution is 2.26. The smallest absolute Gasteiger partial charge is 0.240 e. The quantitative estimate of drug-likeness (QED) is 0.518. The van der Waals surface area contributed by atoms with Crippen molar-refractivity contribution >= 4 is 33.2 Å². The van der Waals surface area contributed by atoms with Crippen molar-refractivity contribution in [2.75, 3.05) is 13.6 Å². The minimum absolute atomic E-state index is 0.163. The van der Waals surface area contributed by atoms with Crippen molar-refractivity contribution in [1.29, 1.82) is 0 Å². The Balaban J connectivity index is 1.80. The van der Waals surface area contributed by atoms with Gasteiger partial charge >= 0.3 is 0 Å². The molecule has 29 heavy (non-hydrogen) atoms. The number of benzene rings is 3. The lowest BCUT2D eigenvalue weighted by atomic mass is 10.1. The maximum Gasteiger partial charge on any atom is 0.240 e. The van der Waals surface area contributed by atoms with E-state index in [1.54, 1.807) is 36.4 Å². The van der Waals surface area contributed by atoms with Crippen molar-refractivity contribution in [3.8, 4) is 0 Å². The van der Waals surface area contributed by atoms with Gasteiger partial charge in [0, 0.05) is 19.1 Å². The molecule has 7 heteroatoms. The molecule has 0 aliphatic carbocycles. The van der Waals surface area contributed by atoms with E-state index in [1.165, 1.54) is 0 Å². The average molecular weight is 449 g/mol. The fourth-order valence-corrected chi connectivity index (χ4v) is 4.49. The molecule has 0 aliphatic rings. The molecular weight excluding hydrogens is 427 g/mol. The van der Waals surface area contributed by atoms with E-state index in [-0.39, 0.29) is 17.5 Å². The molecule has 0 spiro atoms. The molecule has 1 N–H and O–H groups in total. The van der Waals surface area contributed by atoms with Crippen LogP contribution in [0.25, 0.3) is 0 Å². The van der Waals surface area contributed by atoms with Gasteiger partial charge in [-0.1, -0.05) is 77.8 Å². The molecule has 0 bridgehead atoms. The predicted molar refractivity (Wildman–Crippen MR) is 119 cm³/mol. The third-order valence-electron chi connectivity index (χ3n) is 4.65. The summed E-state index contributed by atoms with van der Waals surface area (Å²) in [6, 6.07) is 23.5. The number of likely N-dealkylation sites (N-methyl/N-ethyl adjacent to an activating group) is 1. The SMILES string of the molecule is CN(Cc1ccc(Cl)c(Cl)c1)C(CNS(=O)(=O)c1ccccc1)c1ccccc1. The van der Waals surface area contributed by atoms with E-state index in [2.05, 4.69) is 9.62 Å². The lowest BCUT2D eigenvalue weighted by Crippen LogP contribution is -2.36. The maximum absolute atomic E-state index is 12.7. The second kappa shape index (κ2) is 9.74. The van der Waals surface area contributed by atoms with Gasteiger partial charge in [0.15, 0.2) is 0 Å². The van der Waals surface area contributed by atoms with Crippen molar-refractivity contribution in [3.63, 3.8) is 0 Å². The van der Waals surface area contributed by atoms with Crippen LogP contribution in [0.5, 0.6) is 0 Å². The van der Waals surface area contributed by atoms with Crippen LogP contribution in [-0.4, -0.2) is 26.9 Å². The molecule has 1 atom stereocenters. The normalized spacial score (nSPS) is 12.8. The summed E-state index contributed by atoms with van der Waals surface area (Å²) in [5, 5.41) is 1.01. The number of rotatable bonds is 8. The monoisotopic (exact) mass is 448 g/mol. The van der Waals surface area contributed by atoms with Crippen molar-refractivity contribution < 1.29 is 8.42 Å². The topological polar surface area (TPSA) is 49.4 Å². The Morgan fingerprint density at radius 3 is 2.14 bits per heavy atom. The van der Waals surface area contributed by atoms with Crippen molar-refractivity contribution in [3.05, 3.63) is 100 Å². The van der Waals surface area contributed by atoms with Gasteiger partial charge in [-0.2, -0.15) is 0 Å². The van der Waals surface area contributed by atoms with E-state index in [1.807, 2.05) is 49.5 Å². The molecular formula is C22H22Cl2N2O2S. The molecule has 0 radical (unpaired) electrons. The molecule has 0 fully saturated rings. The maximum atomic E-state index is 12.7. The van der Waals surface area contributed by atoms with Gasteiger partial charge in [-0.25, -0.2) is 13.1 Å². The van der Waals surface area contributed by atoms with Crippen molar-refractivity contribution in [1.82, 2.24) is 9.62 Å². The second-order valence-electron chi connectivity index (χ2n) is 6.76. The minimum Gasteiger partial charge on any atom is -0.294 e. The van der Waals surface area contributed by atoms with Crippen LogP contribution >= 0.6 is 23.2 Å². The van der Waals surface area contributed by atoms with Gasteiger partial charge in [0.1, 0.15) is 0 Å². The summed E-state index contributed by atoms with van der Waals surface area (Å²) < 4.78 is 28.1. The summed E-state index contributed by atoms with van der Waals surface area (Å²) in [4.78, 5) is 2.33. The van der Waals surface area contributed by atoms with Crippen LogP contribution in [0.1, 0.15) is 17.2 Å². The lowest BCUT2D eigenvalue weighted by Gasteiger charge is -2.29. The number of hydrogen-bond acceptors (Lipinski definition) is 3. The van der Waals surface area contributed by atoms with Crippen LogP contribution < -0.4 is 4.72 Å². The van der Waals surface area contributed by atoms with Crippen LogP contribution in [-0.2, 0) is 16.6 Å². The molecule has 3 rings (SSSR count). The highest BCUT2D eigenvalue weighted by atomic mass is 35.5. The Hall–Kier alpha value is -1.89. The first-order valence-corrected chi connectivity index (χ1v) is 11.3. The largest absolute Gasteiger partial charge is 0.294 e. The standard InChI is InChI=1S/C22H22Cl2N2O2S/c1-26(16-17-12-13-20(23)21(24)14-17)22(18-8-4-2-5-9-18)15-25-29(27,28)19-10-6-3-7-11-19/h2-14,22,25H,15-16H2,1H3. The summed E-state index contributed by atoms with van der Waals surface area (Å²) in [5.41, 5.74) is 2.01. The lowest BCUT2D eigenvalue weighted by molar-refractivity contribution is 0.237. The van der Waals surface area contributed by atoms with E-state index >= 15 is 0 Å². The van der Waals surface area contributed by atoms with Gasteiger partial charge < -0.3 is 0 Å². The van der Waals surface area contributed by atoms with Gasteiger partial charge in [-0.15, -0.1) is 0 Å².